The lowest BCUT2D eigenvalue weighted by Gasteiger charge is -2.17. The van der Waals surface area contributed by atoms with E-state index in [4.69, 9.17) is 9.84 Å². The molecular weight excluding hydrogens is 234 g/mol. The third kappa shape index (κ3) is 3.00. The van der Waals surface area contributed by atoms with Crippen LogP contribution in [-0.4, -0.2) is 29.5 Å². The van der Waals surface area contributed by atoms with Gasteiger partial charge in [0.15, 0.2) is 0 Å². The van der Waals surface area contributed by atoms with Crippen LogP contribution in [0.3, 0.4) is 0 Å². The van der Waals surface area contributed by atoms with Gasteiger partial charge >= 0.3 is 6.09 Å². The van der Waals surface area contributed by atoms with Crippen LogP contribution in [-0.2, 0) is 4.74 Å². The van der Waals surface area contributed by atoms with Crippen molar-refractivity contribution in [2.75, 3.05) is 13.2 Å². The highest BCUT2D eigenvalue weighted by molar-refractivity contribution is 5.65. The van der Waals surface area contributed by atoms with E-state index in [1.165, 1.54) is 0 Å². The quantitative estimate of drug-likeness (QED) is 0.763. The fraction of sp³-hybridized carbons (Fsp3) is 0.462. The predicted octanol–water partition coefficient (Wildman–Crippen LogP) is 1.84. The average Bonchev–Trinajstić information content (AvgIpc) is 2.89. The Morgan fingerprint density at radius 3 is 3.00 bits per heavy atom. The lowest BCUT2D eigenvalue weighted by atomic mass is 10.0. The minimum atomic E-state index is -1.14. The van der Waals surface area contributed by atoms with Gasteiger partial charge in [0, 0.05) is 6.61 Å². The fourth-order valence-corrected chi connectivity index (χ4v) is 2.20. The van der Waals surface area contributed by atoms with Crippen LogP contribution < -0.4 is 5.32 Å². The van der Waals surface area contributed by atoms with Crippen LogP contribution in [0.2, 0.25) is 0 Å². The number of aliphatic hydroxyl groups is 1. The molecule has 1 aliphatic heterocycles. The number of hydrogen-bond acceptors (Lipinski definition) is 3. The average molecular weight is 251 g/mol. The lowest BCUT2D eigenvalue weighted by molar-refractivity contribution is 0.112. The number of nitrogens with one attached hydrogen (secondary N) is 1. The van der Waals surface area contributed by atoms with Gasteiger partial charge in [-0.15, -0.1) is 0 Å². The van der Waals surface area contributed by atoms with E-state index in [1.54, 1.807) is 6.07 Å². The molecule has 2 rings (SSSR count). The lowest BCUT2D eigenvalue weighted by Crippen LogP contribution is -2.29. The van der Waals surface area contributed by atoms with Crippen molar-refractivity contribution in [3.8, 4) is 0 Å². The zero-order chi connectivity index (χ0) is 13.0. The summed E-state index contributed by atoms with van der Waals surface area (Å²) in [4.78, 5) is 10.6. The minimum absolute atomic E-state index is 0.0918. The van der Waals surface area contributed by atoms with Crippen molar-refractivity contribution in [3.63, 3.8) is 0 Å². The largest absolute Gasteiger partial charge is 0.465 e. The molecular formula is C13H17NO4. The Morgan fingerprint density at radius 1 is 1.56 bits per heavy atom. The highest BCUT2D eigenvalue weighted by atomic mass is 16.5. The molecule has 5 heteroatoms. The molecule has 1 amide bonds. The molecule has 0 radical (unpaired) electrons. The van der Waals surface area contributed by atoms with E-state index in [2.05, 4.69) is 5.32 Å². The van der Waals surface area contributed by atoms with Gasteiger partial charge in [-0.3, -0.25) is 0 Å². The van der Waals surface area contributed by atoms with Gasteiger partial charge in [-0.1, -0.05) is 24.3 Å². The van der Waals surface area contributed by atoms with Crippen molar-refractivity contribution >= 4 is 6.09 Å². The first-order valence-corrected chi connectivity index (χ1v) is 6.02. The summed E-state index contributed by atoms with van der Waals surface area (Å²) in [6, 6.07) is 6.93. The van der Waals surface area contributed by atoms with Crippen LogP contribution in [0.1, 0.15) is 36.1 Å². The smallest absolute Gasteiger partial charge is 0.405 e. The number of carbonyl (C=O) groups is 1. The first kappa shape index (κ1) is 12.9. The molecule has 3 N–H and O–H groups in total. The number of aliphatic hydroxyl groups excluding tert-OH is 1. The molecule has 0 aromatic heterocycles. The summed E-state index contributed by atoms with van der Waals surface area (Å²) < 4.78 is 5.59. The molecule has 0 aliphatic carbocycles. The van der Waals surface area contributed by atoms with Crippen LogP contribution in [0.25, 0.3) is 0 Å². The highest BCUT2D eigenvalue weighted by Crippen LogP contribution is 2.29. The molecule has 98 valence electrons. The Morgan fingerprint density at radius 2 is 2.39 bits per heavy atom. The summed E-state index contributed by atoms with van der Waals surface area (Å²) in [6.45, 7) is 0.507. The molecule has 1 saturated heterocycles. The van der Waals surface area contributed by atoms with Gasteiger partial charge in [0.05, 0.1) is 18.8 Å². The molecule has 5 nitrogen and oxygen atoms in total. The van der Waals surface area contributed by atoms with E-state index in [9.17, 15) is 9.90 Å². The van der Waals surface area contributed by atoms with Gasteiger partial charge in [0.1, 0.15) is 0 Å². The molecule has 0 saturated carbocycles. The Bertz CT molecular complexity index is 415. The number of amides is 1. The second-order valence-electron chi connectivity index (χ2n) is 4.36. The second kappa shape index (κ2) is 5.84. The number of ether oxygens (including phenoxy) is 1. The molecule has 0 bridgehead atoms. The van der Waals surface area contributed by atoms with Crippen LogP contribution in [0, 0.1) is 0 Å². The monoisotopic (exact) mass is 251 g/mol. The first-order valence-electron chi connectivity index (χ1n) is 6.02. The summed E-state index contributed by atoms with van der Waals surface area (Å²) in [5, 5.41) is 20.2. The molecule has 1 aromatic rings. The zero-order valence-corrected chi connectivity index (χ0v) is 10.0. The van der Waals surface area contributed by atoms with Crippen molar-refractivity contribution in [2.24, 2.45) is 0 Å². The fourth-order valence-electron chi connectivity index (χ4n) is 2.20. The van der Waals surface area contributed by atoms with Gasteiger partial charge in [0.2, 0.25) is 0 Å². The predicted molar refractivity (Wildman–Crippen MR) is 65.4 cm³/mol. The molecule has 1 unspecified atom stereocenters. The van der Waals surface area contributed by atoms with Crippen molar-refractivity contribution < 1.29 is 19.7 Å². The van der Waals surface area contributed by atoms with Gasteiger partial charge in [-0.05, 0) is 24.0 Å². The van der Waals surface area contributed by atoms with E-state index in [0.29, 0.717) is 0 Å². The van der Waals surface area contributed by atoms with E-state index in [-0.39, 0.29) is 12.7 Å². The van der Waals surface area contributed by atoms with Crippen molar-refractivity contribution in [2.45, 2.75) is 25.0 Å². The van der Waals surface area contributed by atoms with Crippen molar-refractivity contribution in [1.82, 2.24) is 5.32 Å². The number of hydrogen-bond donors (Lipinski definition) is 3. The van der Waals surface area contributed by atoms with Gasteiger partial charge in [-0.2, -0.15) is 0 Å². The van der Waals surface area contributed by atoms with Gasteiger partial charge in [-0.25, -0.2) is 4.79 Å². The normalized spacial score (nSPS) is 20.6. The molecule has 1 heterocycles. The van der Waals surface area contributed by atoms with Crippen LogP contribution in [0.5, 0.6) is 0 Å². The summed E-state index contributed by atoms with van der Waals surface area (Å²) in [6.07, 6.45) is 0.983. The molecule has 2 atom stereocenters. The summed E-state index contributed by atoms with van der Waals surface area (Å²) in [5.74, 6) is 0. The highest BCUT2D eigenvalue weighted by Gasteiger charge is 2.19. The van der Waals surface area contributed by atoms with E-state index < -0.39 is 12.1 Å². The maximum Gasteiger partial charge on any atom is 0.405 e. The number of benzene rings is 1. The van der Waals surface area contributed by atoms with E-state index in [1.807, 2.05) is 18.2 Å². The standard InChI is InChI=1S/C13H17NO4/c15-8-11(14-13(16)17)9-3-1-4-10(7-9)12-5-2-6-18-12/h1,3-4,7,11-12,14-15H,2,5-6,8H2,(H,16,17)/t11-,12?/m1/s1. The van der Waals surface area contributed by atoms with Crippen LogP contribution in [0.15, 0.2) is 24.3 Å². The maximum absolute atomic E-state index is 10.6. The third-order valence-corrected chi connectivity index (χ3v) is 3.09. The molecule has 18 heavy (non-hydrogen) atoms. The second-order valence-corrected chi connectivity index (χ2v) is 4.36. The Kier molecular flexibility index (Phi) is 4.17. The molecule has 1 aliphatic rings. The van der Waals surface area contributed by atoms with Gasteiger partial charge < -0.3 is 20.3 Å². The van der Waals surface area contributed by atoms with Crippen LogP contribution in [0.4, 0.5) is 4.79 Å². The van der Waals surface area contributed by atoms with E-state index >= 15 is 0 Å². The van der Waals surface area contributed by atoms with Gasteiger partial charge in [0.25, 0.3) is 0 Å². The van der Waals surface area contributed by atoms with E-state index in [0.717, 1.165) is 30.6 Å². The molecule has 1 fully saturated rings. The zero-order valence-electron chi connectivity index (χ0n) is 10.0. The number of carboxylic acid groups (broad SMARTS) is 1. The van der Waals surface area contributed by atoms with Crippen molar-refractivity contribution in [1.29, 1.82) is 0 Å². The topological polar surface area (TPSA) is 78.8 Å². The summed E-state index contributed by atoms with van der Waals surface area (Å²) in [5.41, 5.74) is 1.79. The summed E-state index contributed by atoms with van der Waals surface area (Å²) >= 11 is 0. The Hall–Kier alpha value is -1.59. The minimum Gasteiger partial charge on any atom is -0.465 e. The number of rotatable bonds is 4. The molecule has 1 aromatic carbocycles. The third-order valence-electron chi connectivity index (χ3n) is 3.09. The first-order chi connectivity index (χ1) is 8.70. The SMILES string of the molecule is O=C(O)N[C@H](CO)c1cccc(C2CCCO2)c1. The molecule has 0 spiro atoms. The van der Waals surface area contributed by atoms with Crippen LogP contribution >= 0.6 is 0 Å². The summed E-state index contributed by atoms with van der Waals surface area (Å²) in [7, 11) is 0. The Labute approximate surface area is 105 Å². The maximum atomic E-state index is 10.6. The van der Waals surface area contributed by atoms with Crippen molar-refractivity contribution in [3.05, 3.63) is 35.4 Å². The Balaban J connectivity index is 2.16.